The number of hydrogen-bond donors (Lipinski definition) is 1. The lowest BCUT2D eigenvalue weighted by atomic mass is 10.1. The standard InChI is InChI=1S/C14H21ClN2O/c1-4-5-12-8-11(9-13(15)17-12)14(18)16-7-6-10(2)3/h8-10H,4-7H2,1-3H3,(H,16,18). The first-order chi connectivity index (χ1) is 8.52. The number of pyridine rings is 1. The minimum Gasteiger partial charge on any atom is -0.352 e. The number of aryl methyl sites for hydroxylation is 1. The van der Waals surface area contributed by atoms with Crippen LogP contribution in [0.1, 0.15) is 49.7 Å². The Morgan fingerprint density at radius 1 is 1.44 bits per heavy atom. The summed E-state index contributed by atoms with van der Waals surface area (Å²) in [6, 6.07) is 3.44. The molecule has 1 aromatic heterocycles. The smallest absolute Gasteiger partial charge is 0.251 e. The van der Waals surface area contributed by atoms with Crippen LogP contribution in [0.25, 0.3) is 0 Å². The van der Waals surface area contributed by atoms with Gasteiger partial charge in [-0.3, -0.25) is 4.79 Å². The Morgan fingerprint density at radius 2 is 2.17 bits per heavy atom. The lowest BCUT2D eigenvalue weighted by Crippen LogP contribution is -2.25. The summed E-state index contributed by atoms with van der Waals surface area (Å²) in [7, 11) is 0. The van der Waals surface area contributed by atoms with Gasteiger partial charge >= 0.3 is 0 Å². The van der Waals surface area contributed by atoms with Crippen molar-refractivity contribution in [2.45, 2.75) is 40.0 Å². The molecule has 0 aliphatic carbocycles. The second kappa shape index (κ2) is 7.37. The number of nitrogens with one attached hydrogen (secondary N) is 1. The van der Waals surface area contributed by atoms with Crippen molar-refractivity contribution in [1.29, 1.82) is 0 Å². The lowest BCUT2D eigenvalue weighted by molar-refractivity contribution is 0.0952. The van der Waals surface area contributed by atoms with E-state index in [1.165, 1.54) is 0 Å². The monoisotopic (exact) mass is 268 g/mol. The first-order valence-corrected chi connectivity index (χ1v) is 6.85. The van der Waals surface area contributed by atoms with E-state index in [2.05, 4.69) is 31.1 Å². The molecule has 0 saturated heterocycles. The number of carbonyl (C=O) groups is 1. The molecule has 0 unspecified atom stereocenters. The Morgan fingerprint density at radius 3 is 2.78 bits per heavy atom. The summed E-state index contributed by atoms with van der Waals surface area (Å²) in [5.41, 5.74) is 1.47. The van der Waals surface area contributed by atoms with Crippen LogP contribution in [-0.2, 0) is 6.42 Å². The van der Waals surface area contributed by atoms with Gasteiger partial charge in [0, 0.05) is 17.8 Å². The fourth-order valence-corrected chi connectivity index (χ4v) is 1.87. The zero-order valence-corrected chi connectivity index (χ0v) is 12.0. The molecule has 0 atom stereocenters. The van der Waals surface area contributed by atoms with Gasteiger partial charge in [-0.25, -0.2) is 4.98 Å². The molecule has 1 heterocycles. The quantitative estimate of drug-likeness (QED) is 0.803. The van der Waals surface area contributed by atoms with Gasteiger partial charge < -0.3 is 5.32 Å². The van der Waals surface area contributed by atoms with Gasteiger partial charge in [0.05, 0.1) is 0 Å². The van der Waals surface area contributed by atoms with Crippen LogP contribution in [0.5, 0.6) is 0 Å². The third-order valence-electron chi connectivity index (χ3n) is 2.62. The predicted octanol–water partition coefficient (Wildman–Crippen LogP) is 3.46. The molecule has 0 fully saturated rings. The van der Waals surface area contributed by atoms with Crippen LogP contribution in [0.3, 0.4) is 0 Å². The molecule has 0 radical (unpaired) electrons. The van der Waals surface area contributed by atoms with Crippen molar-refractivity contribution in [2.75, 3.05) is 6.54 Å². The minimum atomic E-state index is -0.0719. The number of rotatable bonds is 6. The van der Waals surface area contributed by atoms with E-state index in [1.807, 2.05) is 6.07 Å². The Bertz CT molecular complexity index is 405. The molecule has 1 N–H and O–H groups in total. The molecule has 0 aliphatic heterocycles. The molecule has 4 heteroatoms. The van der Waals surface area contributed by atoms with Gasteiger partial charge in [-0.05, 0) is 30.9 Å². The van der Waals surface area contributed by atoms with Crippen LogP contribution in [0.4, 0.5) is 0 Å². The zero-order valence-electron chi connectivity index (χ0n) is 11.3. The van der Waals surface area contributed by atoms with E-state index in [9.17, 15) is 4.79 Å². The van der Waals surface area contributed by atoms with E-state index in [0.29, 0.717) is 23.2 Å². The summed E-state index contributed by atoms with van der Waals surface area (Å²) in [5.74, 6) is 0.513. The van der Waals surface area contributed by atoms with Gasteiger partial charge in [-0.2, -0.15) is 0 Å². The van der Waals surface area contributed by atoms with Crippen molar-refractivity contribution >= 4 is 17.5 Å². The number of hydrogen-bond acceptors (Lipinski definition) is 2. The fourth-order valence-electron chi connectivity index (χ4n) is 1.64. The van der Waals surface area contributed by atoms with E-state index in [1.54, 1.807) is 6.07 Å². The highest BCUT2D eigenvalue weighted by Gasteiger charge is 2.08. The third kappa shape index (κ3) is 5.05. The third-order valence-corrected chi connectivity index (χ3v) is 2.82. The van der Waals surface area contributed by atoms with Crippen molar-refractivity contribution in [3.8, 4) is 0 Å². The summed E-state index contributed by atoms with van der Waals surface area (Å²) in [6.45, 7) is 7.04. The molecule has 1 rings (SSSR count). The normalized spacial score (nSPS) is 10.7. The fraction of sp³-hybridized carbons (Fsp3) is 0.571. The van der Waals surface area contributed by atoms with Gasteiger partial charge in [0.1, 0.15) is 5.15 Å². The van der Waals surface area contributed by atoms with Crippen LogP contribution >= 0.6 is 11.6 Å². The number of carbonyl (C=O) groups excluding carboxylic acids is 1. The van der Waals surface area contributed by atoms with Crippen molar-refractivity contribution < 1.29 is 4.79 Å². The van der Waals surface area contributed by atoms with E-state index in [0.717, 1.165) is 25.0 Å². The highest BCUT2D eigenvalue weighted by atomic mass is 35.5. The number of aromatic nitrogens is 1. The number of amides is 1. The van der Waals surface area contributed by atoms with Crippen molar-refractivity contribution in [1.82, 2.24) is 10.3 Å². The van der Waals surface area contributed by atoms with Crippen molar-refractivity contribution in [2.24, 2.45) is 5.92 Å². The molecule has 0 bridgehead atoms. The molecular weight excluding hydrogens is 248 g/mol. The van der Waals surface area contributed by atoms with Crippen LogP contribution in [0, 0.1) is 5.92 Å². The highest BCUT2D eigenvalue weighted by Crippen LogP contribution is 2.12. The highest BCUT2D eigenvalue weighted by molar-refractivity contribution is 6.29. The van der Waals surface area contributed by atoms with Gasteiger partial charge in [0.2, 0.25) is 0 Å². The van der Waals surface area contributed by atoms with Crippen LogP contribution < -0.4 is 5.32 Å². The Labute approximate surface area is 114 Å². The van der Waals surface area contributed by atoms with Crippen LogP contribution in [0.15, 0.2) is 12.1 Å². The second-order valence-electron chi connectivity index (χ2n) is 4.86. The van der Waals surface area contributed by atoms with Crippen molar-refractivity contribution in [3.05, 3.63) is 28.5 Å². The summed E-state index contributed by atoms with van der Waals surface area (Å²) in [6.07, 6.45) is 2.81. The number of nitrogens with zero attached hydrogens (tertiary/aromatic N) is 1. The molecule has 100 valence electrons. The van der Waals surface area contributed by atoms with E-state index in [4.69, 9.17) is 11.6 Å². The summed E-state index contributed by atoms with van der Waals surface area (Å²) in [5, 5.41) is 3.29. The van der Waals surface area contributed by atoms with Crippen molar-refractivity contribution in [3.63, 3.8) is 0 Å². The molecule has 1 amide bonds. The average molecular weight is 269 g/mol. The summed E-state index contributed by atoms with van der Waals surface area (Å²) < 4.78 is 0. The SMILES string of the molecule is CCCc1cc(C(=O)NCCC(C)C)cc(Cl)n1. The van der Waals surface area contributed by atoms with Gasteiger partial charge in [0.15, 0.2) is 0 Å². The lowest BCUT2D eigenvalue weighted by Gasteiger charge is -2.08. The molecule has 0 saturated carbocycles. The maximum atomic E-state index is 11.9. The maximum Gasteiger partial charge on any atom is 0.251 e. The predicted molar refractivity (Wildman–Crippen MR) is 75.0 cm³/mol. The molecule has 1 aromatic rings. The summed E-state index contributed by atoms with van der Waals surface area (Å²) in [4.78, 5) is 16.1. The second-order valence-corrected chi connectivity index (χ2v) is 5.25. The first-order valence-electron chi connectivity index (χ1n) is 6.47. The van der Waals surface area contributed by atoms with Gasteiger partial charge in [-0.1, -0.05) is 38.8 Å². The molecule has 18 heavy (non-hydrogen) atoms. The molecule has 0 aliphatic rings. The summed E-state index contributed by atoms with van der Waals surface area (Å²) >= 11 is 5.92. The maximum absolute atomic E-state index is 11.9. The average Bonchev–Trinajstić information content (AvgIpc) is 2.28. The van der Waals surface area contributed by atoms with E-state index < -0.39 is 0 Å². The molecule has 3 nitrogen and oxygen atoms in total. The Balaban J connectivity index is 2.66. The minimum absolute atomic E-state index is 0.0719. The zero-order chi connectivity index (χ0) is 13.5. The topological polar surface area (TPSA) is 42.0 Å². The largest absolute Gasteiger partial charge is 0.352 e. The molecule has 0 spiro atoms. The molecular formula is C14H21ClN2O. The van der Waals surface area contributed by atoms with Gasteiger partial charge in [-0.15, -0.1) is 0 Å². The van der Waals surface area contributed by atoms with Crippen LogP contribution in [-0.4, -0.2) is 17.4 Å². The van der Waals surface area contributed by atoms with Crippen LogP contribution in [0.2, 0.25) is 5.15 Å². The van der Waals surface area contributed by atoms with E-state index in [-0.39, 0.29) is 5.91 Å². The van der Waals surface area contributed by atoms with Gasteiger partial charge in [0.25, 0.3) is 5.91 Å². The number of halogens is 1. The molecule has 0 aromatic carbocycles. The Hall–Kier alpha value is -1.09. The first kappa shape index (κ1) is 15.0. The van der Waals surface area contributed by atoms with E-state index >= 15 is 0 Å². The Kier molecular flexibility index (Phi) is 6.13.